The third-order valence-corrected chi connectivity index (χ3v) is 4.23. The third kappa shape index (κ3) is 2.45. The fourth-order valence-electron chi connectivity index (χ4n) is 3.06. The molecule has 106 valence electrons. The monoisotopic (exact) mass is 270 g/mol. The van der Waals surface area contributed by atoms with Crippen LogP contribution in [-0.2, 0) is 17.8 Å². The van der Waals surface area contributed by atoms with E-state index in [1.165, 1.54) is 28.6 Å². The van der Waals surface area contributed by atoms with Gasteiger partial charge in [0, 0.05) is 48.1 Å². The number of H-pyrrole nitrogens is 1. The molecule has 0 aliphatic carbocycles. The van der Waals surface area contributed by atoms with Gasteiger partial charge in [0.05, 0.1) is 0 Å². The van der Waals surface area contributed by atoms with Crippen LogP contribution in [0.15, 0.2) is 24.3 Å². The third-order valence-electron chi connectivity index (χ3n) is 4.23. The number of unbranched alkanes of at least 4 members (excludes halogenated alkanes) is 2. The molecule has 0 saturated carbocycles. The molecule has 0 unspecified atom stereocenters. The zero-order valence-corrected chi connectivity index (χ0v) is 12.1. The van der Waals surface area contributed by atoms with E-state index in [-0.39, 0.29) is 0 Å². The fraction of sp³-hybridized carbons (Fsp3) is 0.471. The Balaban J connectivity index is 1.76. The number of aromatic amines is 1. The van der Waals surface area contributed by atoms with E-state index in [0.29, 0.717) is 12.3 Å². The van der Waals surface area contributed by atoms with Crippen molar-refractivity contribution in [1.82, 2.24) is 9.88 Å². The van der Waals surface area contributed by atoms with Crippen LogP contribution in [-0.4, -0.2) is 22.3 Å². The molecule has 1 aromatic heterocycles. The lowest BCUT2D eigenvalue weighted by Gasteiger charge is -2.27. The van der Waals surface area contributed by atoms with E-state index in [2.05, 4.69) is 36.2 Å². The number of hydrogen-bond donors (Lipinski definition) is 1. The summed E-state index contributed by atoms with van der Waals surface area (Å²) in [5.41, 5.74) is 3.82. The molecule has 1 aliphatic heterocycles. The average molecular weight is 270 g/mol. The number of hydrogen-bond acceptors (Lipinski definition) is 1. The first-order chi connectivity index (χ1) is 9.79. The maximum atomic E-state index is 12.3. The molecule has 0 spiro atoms. The number of nitrogens with zero attached hydrogens (tertiary/aromatic N) is 1. The molecular weight excluding hydrogens is 248 g/mol. The number of para-hydroxylation sites is 1. The van der Waals surface area contributed by atoms with Gasteiger partial charge in [0.25, 0.3) is 0 Å². The van der Waals surface area contributed by atoms with E-state index >= 15 is 0 Å². The molecule has 2 heterocycles. The molecule has 3 nitrogen and oxygen atoms in total. The first-order valence-corrected chi connectivity index (χ1v) is 7.66. The number of benzene rings is 1. The van der Waals surface area contributed by atoms with Gasteiger partial charge in [-0.2, -0.15) is 0 Å². The highest BCUT2D eigenvalue weighted by Gasteiger charge is 2.23. The molecule has 0 atom stereocenters. The van der Waals surface area contributed by atoms with Crippen LogP contribution in [0.4, 0.5) is 0 Å². The SMILES string of the molecule is CCCCCC(=O)N1CCc2[nH]c3ccccc3c2C1. The van der Waals surface area contributed by atoms with Gasteiger partial charge in [0.1, 0.15) is 0 Å². The molecule has 0 bridgehead atoms. The number of aromatic nitrogens is 1. The number of carbonyl (C=O) groups excluding carboxylic acids is 1. The van der Waals surface area contributed by atoms with Crippen molar-refractivity contribution < 1.29 is 4.79 Å². The van der Waals surface area contributed by atoms with E-state index in [1.807, 2.05) is 4.90 Å². The number of rotatable bonds is 4. The number of amides is 1. The van der Waals surface area contributed by atoms with Crippen molar-refractivity contribution in [3.8, 4) is 0 Å². The molecule has 1 aromatic carbocycles. The zero-order chi connectivity index (χ0) is 13.9. The standard InChI is InChI=1S/C17H22N2O/c1-2-3-4-9-17(20)19-11-10-16-14(12-19)13-7-5-6-8-15(13)18-16/h5-8,18H,2-4,9-12H2,1H3. The summed E-state index contributed by atoms with van der Waals surface area (Å²) >= 11 is 0. The maximum Gasteiger partial charge on any atom is 0.222 e. The normalized spacial score (nSPS) is 14.6. The molecule has 20 heavy (non-hydrogen) atoms. The smallest absolute Gasteiger partial charge is 0.222 e. The highest BCUT2D eigenvalue weighted by Crippen LogP contribution is 2.27. The Labute approximate surface area is 120 Å². The van der Waals surface area contributed by atoms with Gasteiger partial charge in [-0.1, -0.05) is 38.0 Å². The summed E-state index contributed by atoms with van der Waals surface area (Å²) in [6, 6.07) is 8.38. The highest BCUT2D eigenvalue weighted by atomic mass is 16.2. The molecule has 3 rings (SSSR count). The quantitative estimate of drug-likeness (QED) is 0.846. The van der Waals surface area contributed by atoms with Gasteiger partial charge in [0.15, 0.2) is 0 Å². The minimum Gasteiger partial charge on any atom is -0.358 e. The van der Waals surface area contributed by atoms with E-state index in [0.717, 1.165) is 32.4 Å². The second kappa shape index (κ2) is 5.70. The van der Waals surface area contributed by atoms with Gasteiger partial charge in [-0.15, -0.1) is 0 Å². The summed E-state index contributed by atoms with van der Waals surface area (Å²) in [7, 11) is 0. The van der Waals surface area contributed by atoms with Crippen LogP contribution in [0, 0.1) is 0 Å². The molecule has 1 aliphatic rings. The van der Waals surface area contributed by atoms with Crippen LogP contribution in [0.5, 0.6) is 0 Å². The summed E-state index contributed by atoms with van der Waals surface area (Å²) in [4.78, 5) is 17.8. The molecule has 0 fully saturated rings. The van der Waals surface area contributed by atoms with Crippen LogP contribution >= 0.6 is 0 Å². The Kier molecular flexibility index (Phi) is 3.77. The fourth-order valence-corrected chi connectivity index (χ4v) is 3.06. The molecule has 1 N–H and O–H groups in total. The summed E-state index contributed by atoms with van der Waals surface area (Å²) in [5, 5.41) is 1.27. The van der Waals surface area contributed by atoms with Crippen molar-refractivity contribution in [3.63, 3.8) is 0 Å². The van der Waals surface area contributed by atoms with Gasteiger partial charge < -0.3 is 9.88 Å². The summed E-state index contributed by atoms with van der Waals surface area (Å²) < 4.78 is 0. The summed E-state index contributed by atoms with van der Waals surface area (Å²) in [6.45, 7) is 3.79. The lowest BCUT2D eigenvalue weighted by atomic mass is 10.0. The van der Waals surface area contributed by atoms with E-state index in [9.17, 15) is 4.79 Å². The van der Waals surface area contributed by atoms with Crippen molar-refractivity contribution in [2.45, 2.75) is 45.6 Å². The van der Waals surface area contributed by atoms with Crippen molar-refractivity contribution in [1.29, 1.82) is 0 Å². The minimum atomic E-state index is 0.314. The second-order valence-electron chi connectivity index (χ2n) is 5.65. The van der Waals surface area contributed by atoms with Crippen molar-refractivity contribution in [2.24, 2.45) is 0 Å². The minimum absolute atomic E-state index is 0.314. The van der Waals surface area contributed by atoms with E-state index in [1.54, 1.807) is 0 Å². The second-order valence-corrected chi connectivity index (χ2v) is 5.65. The largest absolute Gasteiger partial charge is 0.358 e. The number of carbonyl (C=O) groups is 1. The summed E-state index contributed by atoms with van der Waals surface area (Å²) in [6.07, 6.45) is 4.99. The molecule has 1 amide bonds. The predicted octanol–water partition coefficient (Wildman–Crippen LogP) is 3.63. The highest BCUT2D eigenvalue weighted by molar-refractivity contribution is 5.86. The van der Waals surface area contributed by atoms with Gasteiger partial charge >= 0.3 is 0 Å². The van der Waals surface area contributed by atoms with Gasteiger partial charge in [-0.05, 0) is 12.5 Å². The molecule has 2 aromatic rings. The number of nitrogens with one attached hydrogen (secondary N) is 1. The Bertz CT molecular complexity index is 614. The molecule has 3 heteroatoms. The Morgan fingerprint density at radius 3 is 3.00 bits per heavy atom. The predicted molar refractivity (Wildman–Crippen MR) is 81.6 cm³/mol. The summed E-state index contributed by atoms with van der Waals surface area (Å²) in [5.74, 6) is 0.314. The van der Waals surface area contributed by atoms with E-state index < -0.39 is 0 Å². The first-order valence-electron chi connectivity index (χ1n) is 7.66. The Hall–Kier alpha value is -1.77. The Morgan fingerprint density at radius 2 is 2.15 bits per heavy atom. The lowest BCUT2D eigenvalue weighted by molar-refractivity contribution is -0.132. The molecular formula is C17H22N2O. The molecule has 0 radical (unpaired) electrons. The van der Waals surface area contributed by atoms with Crippen molar-refractivity contribution >= 4 is 16.8 Å². The van der Waals surface area contributed by atoms with Crippen LogP contribution in [0.2, 0.25) is 0 Å². The first kappa shape index (κ1) is 13.2. The van der Waals surface area contributed by atoms with Gasteiger partial charge in [0.2, 0.25) is 5.91 Å². The topological polar surface area (TPSA) is 36.1 Å². The maximum absolute atomic E-state index is 12.3. The zero-order valence-electron chi connectivity index (χ0n) is 12.1. The van der Waals surface area contributed by atoms with Gasteiger partial charge in [-0.3, -0.25) is 4.79 Å². The van der Waals surface area contributed by atoms with Crippen LogP contribution in [0.3, 0.4) is 0 Å². The Morgan fingerprint density at radius 1 is 1.30 bits per heavy atom. The molecule has 0 saturated heterocycles. The van der Waals surface area contributed by atoms with Crippen molar-refractivity contribution in [3.05, 3.63) is 35.5 Å². The van der Waals surface area contributed by atoms with Crippen LogP contribution in [0.1, 0.15) is 43.9 Å². The van der Waals surface area contributed by atoms with Crippen LogP contribution in [0.25, 0.3) is 10.9 Å². The number of fused-ring (bicyclic) bond motifs is 3. The van der Waals surface area contributed by atoms with Crippen LogP contribution < -0.4 is 0 Å². The average Bonchev–Trinajstić information content (AvgIpc) is 2.85. The van der Waals surface area contributed by atoms with Gasteiger partial charge in [-0.25, -0.2) is 0 Å². The van der Waals surface area contributed by atoms with Crippen molar-refractivity contribution in [2.75, 3.05) is 6.54 Å². The lowest BCUT2D eigenvalue weighted by Crippen LogP contribution is -2.35. The van der Waals surface area contributed by atoms with E-state index in [4.69, 9.17) is 0 Å².